The number of benzene rings is 1. The van der Waals surface area contributed by atoms with Gasteiger partial charge in [-0.3, -0.25) is 9.48 Å². The zero-order valence-corrected chi connectivity index (χ0v) is 22.7. The number of aromatic nitrogens is 6. The second-order valence-corrected chi connectivity index (χ2v) is 9.73. The Bertz CT molecular complexity index is 1560. The second kappa shape index (κ2) is 11.1. The highest BCUT2D eigenvalue weighted by atomic mass is 19.1. The molecular weight excluding hydrogens is 513 g/mol. The standard InChI is InChI=1S/C28H30FN9O2/c1-6-25(39)37-14-19(4)38(15-18(37)3)26-22(13-31-27(35-26)34-21-12-32-36(5)16-21)20-7-8-24(23(29)11-20)40-28-30-10-9-17(2)33-28/h6-13,16,18-19H,1,14-15H2,2-5H3,(H,31,34,35)/t18-,19-/m1/s1. The number of anilines is 3. The molecule has 1 aromatic carbocycles. The molecule has 2 atom stereocenters. The number of ether oxygens (including phenoxy) is 1. The summed E-state index contributed by atoms with van der Waals surface area (Å²) < 4.78 is 22.5. The molecule has 1 saturated heterocycles. The molecule has 0 aliphatic carbocycles. The molecule has 40 heavy (non-hydrogen) atoms. The smallest absolute Gasteiger partial charge is 0.322 e. The fourth-order valence-corrected chi connectivity index (χ4v) is 4.64. The number of hydrogen-bond donors (Lipinski definition) is 1. The summed E-state index contributed by atoms with van der Waals surface area (Å²) in [5, 5.41) is 7.36. The number of nitrogens with zero attached hydrogens (tertiary/aromatic N) is 8. The van der Waals surface area contributed by atoms with Gasteiger partial charge < -0.3 is 19.9 Å². The van der Waals surface area contributed by atoms with Gasteiger partial charge in [-0.25, -0.2) is 19.3 Å². The number of carbonyl (C=O) groups is 1. The van der Waals surface area contributed by atoms with Crippen LogP contribution < -0.4 is 15.0 Å². The van der Waals surface area contributed by atoms with Crippen molar-refractivity contribution in [1.29, 1.82) is 0 Å². The molecule has 3 aromatic heterocycles. The van der Waals surface area contributed by atoms with Crippen LogP contribution >= 0.6 is 0 Å². The Balaban J connectivity index is 1.51. The van der Waals surface area contributed by atoms with Gasteiger partial charge in [0.15, 0.2) is 11.6 Å². The number of aryl methyl sites for hydroxylation is 2. The molecule has 12 heteroatoms. The van der Waals surface area contributed by atoms with Gasteiger partial charge in [0, 0.05) is 62.1 Å². The number of nitrogens with one attached hydrogen (secondary N) is 1. The maximum Gasteiger partial charge on any atom is 0.322 e. The van der Waals surface area contributed by atoms with E-state index < -0.39 is 5.82 Å². The number of hydrogen-bond acceptors (Lipinski definition) is 9. The fraction of sp³-hybridized carbons (Fsp3) is 0.286. The molecule has 5 rings (SSSR count). The van der Waals surface area contributed by atoms with Crippen LogP contribution in [0.15, 0.2) is 61.7 Å². The lowest BCUT2D eigenvalue weighted by Gasteiger charge is -2.44. The molecule has 0 radical (unpaired) electrons. The van der Waals surface area contributed by atoms with E-state index in [1.165, 1.54) is 18.2 Å². The van der Waals surface area contributed by atoms with E-state index in [0.717, 1.165) is 5.69 Å². The van der Waals surface area contributed by atoms with Crippen LogP contribution in [0.25, 0.3) is 11.1 Å². The van der Waals surface area contributed by atoms with Crippen LogP contribution in [0.4, 0.5) is 21.8 Å². The predicted octanol–water partition coefficient (Wildman–Crippen LogP) is 4.26. The van der Waals surface area contributed by atoms with Crippen molar-refractivity contribution in [2.75, 3.05) is 23.3 Å². The van der Waals surface area contributed by atoms with Crippen LogP contribution in [0.1, 0.15) is 19.5 Å². The van der Waals surface area contributed by atoms with E-state index in [2.05, 4.69) is 36.8 Å². The zero-order chi connectivity index (χ0) is 28.4. The first-order chi connectivity index (χ1) is 19.2. The first-order valence-electron chi connectivity index (χ1n) is 12.8. The van der Waals surface area contributed by atoms with Crippen LogP contribution in [0, 0.1) is 12.7 Å². The van der Waals surface area contributed by atoms with Crippen LogP contribution in [0.5, 0.6) is 11.8 Å². The molecule has 1 amide bonds. The minimum Gasteiger partial charge on any atom is -0.421 e. The van der Waals surface area contributed by atoms with Crippen LogP contribution in [0.3, 0.4) is 0 Å². The van der Waals surface area contributed by atoms with Crippen molar-refractivity contribution in [3.8, 4) is 22.9 Å². The highest BCUT2D eigenvalue weighted by Gasteiger charge is 2.33. The summed E-state index contributed by atoms with van der Waals surface area (Å²) in [5.74, 6) is 0.296. The fourth-order valence-electron chi connectivity index (χ4n) is 4.64. The van der Waals surface area contributed by atoms with Gasteiger partial charge in [0.25, 0.3) is 0 Å². The summed E-state index contributed by atoms with van der Waals surface area (Å²) in [6, 6.07) is 6.29. The molecule has 11 nitrogen and oxygen atoms in total. The lowest BCUT2D eigenvalue weighted by molar-refractivity contribution is -0.128. The summed E-state index contributed by atoms with van der Waals surface area (Å²) in [6.45, 7) is 10.4. The monoisotopic (exact) mass is 543 g/mol. The summed E-state index contributed by atoms with van der Waals surface area (Å²) in [7, 11) is 1.82. The van der Waals surface area contributed by atoms with E-state index in [1.807, 2.05) is 27.1 Å². The normalized spacial score (nSPS) is 17.0. The van der Waals surface area contributed by atoms with Gasteiger partial charge in [0.2, 0.25) is 11.9 Å². The third-order valence-corrected chi connectivity index (χ3v) is 6.66. The number of piperazine rings is 1. The van der Waals surface area contributed by atoms with Crippen molar-refractivity contribution in [2.45, 2.75) is 32.9 Å². The Labute approximate surface area is 231 Å². The lowest BCUT2D eigenvalue weighted by atomic mass is 10.0. The maximum atomic E-state index is 15.3. The summed E-state index contributed by atoms with van der Waals surface area (Å²) >= 11 is 0. The molecule has 1 fully saturated rings. The lowest BCUT2D eigenvalue weighted by Crippen LogP contribution is -2.58. The highest BCUT2D eigenvalue weighted by molar-refractivity contribution is 5.87. The average Bonchev–Trinajstić information content (AvgIpc) is 3.34. The Morgan fingerprint density at radius 3 is 2.67 bits per heavy atom. The van der Waals surface area contributed by atoms with Crippen molar-refractivity contribution in [2.24, 2.45) is 7.05 Å². The number of carbonyl (C=O) groups excluding carboxylic acids is 1. The second-order valence-electron chi connectivity index (χ2n) is 9.73. The Hall–Kier alpha value is -4.87. The molecule has 0 saturated carbocycles. The van der Waals surface area contributed by atoms with Crippen molar-refractivity contribution in [1.82, 2.24) is 34.6 Å². The molecule has 0 spiro atoms. The largest absolute Gasteiger partial charge is 0.421 e. The highest BCUT2D eigenvalue weighted by Crippen LogP contribution is 2.35. The molecule has 0 bridgehead atoms. The first kappa shape index (κ1) is 26.7. The van der Waals surface area contributed by atoms with Gasteiger partial charge in [-0.1, -0.05) is 12.6 Å². The average molecular weight is 544 g/mol. The summed E-state index contributed by atoms with van der Waals surface area (Å²) in [4.78, 5) is 33.9. The molecule has 1 aliphatic rings. The third-order valence-electron chi connectivity index (χ3n) is 6.66. The maximum absolute atomic E-state index is 15.3. The Morgan fingerprint density at radius 1 is 1.15 bits per heavy atom. The summed E-state index contributed by atoms with van der Waals surface area (Å²) in [5.41, 5.74) is 2.65. The SMILES string of the molecule is C=CC(=O)N1C[C@@H](C)N(c2nc(Nc3cnn(C)c3)ncc2-c2ccc(Oc3nccc(C)n3)c(F)c2)C[C@H]1C. The van der Waals surface area contributed by atoms with Crippen LogP contribution in [-0.4, -0.2) is 65.7 Å². The molecular formula is C28H30FN9O2. The Morgan fingerprint density at radius 2 is 1.98 bits per heavy atom. The minimum absolute atomic E-state index is 0.00484. The number of rotatable bonds is 7. The van der Waals surface area contributed by atoms with Gasteiger partial charge in [-0.05, 0) is 50.6 Å². The molecule has 1 N–H and O–H groups in total. The van der Waals surface area contributed by atoms with Gasteiger partial charge in [-0.15, -0.1) is 0 Å². The zero-order valence-electron chi connectivity index (χ0n) is 22.7. The van der Waals surface area contributed by atoms with E-state index in [1.54, 1.807) is 47.2 Å². The van der Waals surface area contributed by atoms with Crippen molar-refractivity contribution in [3.05, 3.63) is 73.2 Å². The predicted molar refractivity (Wildman–Crippen MR) is 149 cm³/mol. The molecule has 4 heterocycles. The Kier molecular flexibility index (Phi) is 7.41. The van der Waals surface area contributed by atoms with E-state index in [4.69, 9.17) is 9.72 Å². The topological polar surface area (TPSA) is 114 Å². The first-order valence-corrected chi connectivity index (χ1v) is 12.8. The van der Waals surface area contributed by atoms with Crippen molar-refractivity contribution in [3.63, 3.8) is 0 Å². The van der Waals surface area contributed by atoms with Gasteiger partial charge in [0.05, 0.1) is 11.9 Å². The summed E-state index contributed by atoms with van der Waals surface area (Å²) in [6.07, 6.45) is 8.04. The quantitative estimate of drug-likeness (QED) is 0.342. The van der Waals surface area contributed by atoms with Gasteiger partial charge >= 0.3 is 6.01 Å². The van der Waals surface area contributed by atoms with Gasteiger partial charge in [0.1, 0.15) is 5.82 Å². The van der Waals surface area contributed by atoms with Crippen LogP contribution in [0.2, 0.25) is 0 Å². The molecule has 4 aromatic rings. The minimum atomic E-state index is -0.575. The number of amides is 1. The van der Waals surface area contributed by atoms with Crippen molar-refractivity contribution >= 4 is 23.4 Å². The molecule has 206 valence electrons. The van der Waals surface area contributed by atoms with E-state index in [-0.39, 0.29) is 29.8 Å². The number of halogens is 1. The van der Waals surface area contributed by atoms with Crippen molar-refractivity contribution < 1.29 is 13.9 Å². The third kappa shape index (κ3) is 5.60. The molecule has 1 aliphatic heterocycles. The van der Waals surface area contributed by atoms with Gasteiger partial charge in [-0.2, -0.15) is 10.1 Å². The van der Waals surface area contributed by atoms with E-state index in [0.29, 0.717) is 41.7 Å². The molecule has 0 unspecified atom stereocenters. The van der Waals surface area contributed by atoms with Crippen LogP contribution in [-0.2, 0) is 11.8 Å². The van der Waals surface area contributed by atoms with E-state index in [9.17, 15) is 4.79 Å². The van der Waals surface area contributed by atoms with E-state index >= 15 is 4.39 Å².